The number of aromatic carboxylic acids is 1. The summed E-state index contributed by atoms with van der Waals surface area (Å²) in [5.41, 5.74) is 2.78. The number of ether oxygens (including phenoxy) is 1. The second kappa shape index (κ2) is 8.99. The van der Waals surface area contributed by atoms with Crippen LogP contribution >= 0.6 is 11.3 Å². The van der Waals surface area contributed by atoms with E-state index in [0.29, 0.717) is 26.2 Å². The number of rotatable bonds is 5. The Morgan fingerprint density at radius 3 is 2.52 bits per heavy atom. The predicted octanol–water partition coefficient (Wildman–Crippen LogP) is 2.80. The van der Waals surface area contributed by atoms with Crippen LogP contribution in [-0.2, 0) is 9.53 Å². The molecule has 1 aromatic heterocycles. The van der Waals surface area contributed by atoms with Crippen LogP contribution in [0.3, 0.4) is 0 Å². The first kappa shape index (κ1) is 22.4. The molecule has 3 aromatic rings. The highest BCUT2D eigenvalue weighted by atomic mass is 32.1. The Morgan fingerprint density at radius 2 is 1.85 bits per heavy atom. The van der Waals surface area contributed by atoms with Crippen LogP contribution in [0.25, 0.3) is 6.08 Å². The Bertz CT molecular complexity index is 1460. The molecule has 1 aliphatic heterocycles. The van der Waals surface area contributed by atoms with E-state index >= 15 is 0 Å². The molecule has 1 atom stereocenters. The first-order valence-electron chi connectivity index (χ1n) is 10.4. The number of aromatic nitrogens is 1. The summed E-state index contributed by atoms with van der Waals surface area (Å²) in [5, 5.41) is 9.49. The average Bonchev–Trinajstić information content (AvgIpc) is 3.08. The fourth-order valence-corrected chi connectivity index (χ4v) is 4.85. The van der Waals surface area contributed by atoms with Crippen molar-refractivity contribution in [2.24, 2.45) is 4.99 Å². The summed E-state index contributed by atoms with van der Waals surface area (Å²) in [6.45, 7) is 5.61. The largest absolute Gasteiger partial charge is 0.478 e. The number of carbonyl (C=O) groups excluding carboxylic acids is 1. The normalized spacial score (nSPS) is 15.7. The van der Waals surface area contributed by atoms with Crippen LogP contribution in [0.4, 0.5) is 0 Å². The van der Waals surface area contributed by atoms with Crippen LogP contribution in [0.5, 0.6) is 0 Å². The molecule has 0 saturated carbocycles. The zero-order chi connectivity index (χ0) is 23.7. The van der Waals surface area contributed by atoms with E-state index in [4.69, 9.17) is 4.74 Å². The van der Waals surface area contributed by atoms with Gasteiger partial charge in [-0.15, -0.1) is 0 Å². The minimum atomic E-state index is -1.08. The summed E-state index contributed by atoms with van der Waals surface area (Å²) in [4.78, 5) is 43.0. The Balaban J connectivity index is 1.98. The number of esters is 1. The summed E-state index contributed by atoms with van der Waals surface area (Å²) in [6.07, 6.45) is 1.56. The average molecular weight is 463 g/mol. The van der Waals surface area contributed by atoms with Crippen molar-refractivity contribution in [3.63, 3.8) is 0 Å². The van der Waals surface area contributed by atoms with E-state index in [1.807, 2.05) is 31.2 Å². The van der Waals surface area contributed by atoms with Gasteiger partial charge in [0, 0.05) is 0 Å². The lowest BCUT2D eigenvalue weighted by atomic mass is 9.95. The lowest BCUT2D eigenvalue weighted by molar-refractivity contribution is -0.139. The third-order valence-corrected chi connectivity index (χ3v) is 6.37. The number of carbonyl (C=O) groups is 2. The number of benzene rings is 2. The summed E-state index contributed by atoms with van der Waals surface area (Å²) in [7, 11) is 0. The SMILES string of the molecule is CCOC(=O)C1=C(C)N=c2s/c(=C\c3ccccc3C(=O)O)c(=O)n2[C@H]1c1ccc(C)cc1. The molecule has 0 unspecified atom stereocenters. The van der Waals surface area contributed by atoms with Gasteiger partial charge in [0.25, 0.3) is 5.56 Å². The minimum Gasteiger partial charge on any atom is -0.478 e. The molecule has 2 aromatic carbocycles. The van der Waals surface area contributed by atoms with Crippen molar-refractivity contribution in [1.82, 2.24) is 4.57 Å². The van der Waals surface area contributed by atoms with Crippen molar-refractivity contribution in [2.75, 3.05) is 6.61 Å². The minimum absolute atomic E-state index is 0.0989. The number of fused-ring (bicyclic) bond motifs is 1. The lowest BCUT2D eigenvalue weighted by Crippen LogP contribution is -2.40. The fraction of sp³-hybridized carbons (Fsp3) is 0.200. The Morgan fingerprint density at radius 1 is 1.15 bits per heavy atom. The smallest absolute Gasteiger partial charge is 0.338 e. The van der Waals surface area contributed by atoms with E-state index in [0.717, 1.165) is 22.5 Å². The first-order valence-corrected chi connectivity index (χ1v) is 11.2. The maximum Gasteiger partial charge on any atom is 0.338 e. The van der Waals surface area contributed by atoms with Crippen molar-refractivity contribution in [3.8, 4) is 0 Å². The van der Waals surface area contributed by atoms with Gasteiger partial charge in [-0.3, -0.25) is 9.36 Å². The molecule has 2 heterocycles. The van der Waals surface area contributed by atoms with E-state index in [1.54, 1.807) is 38.1 Å². The van der Waals surface area contributed by atoms with Crippen LogP contribution < -0.4 is 14.9 Å². The van der Waals surface area contributed by atoms with Gasteiger partial charge in [0.1, 0.15) is 0 Å². The molecule has 0 bridgehead atoms. The molecule has 7 nitrogen and oxygen atoms in total. The van der Waals surface area contributed by atoms with Crippen molar-refractivity contribution < 1.29 is 19.4 Å². The molecule has 0 saturated heterocycles. The van der Waals surface area contributed by atoms with Gasteiger partial charge in [0.15, 0.2) is 4.80 Å². The molecule has 0 aliphatic carbocycles. The highest BCUT2D eigenvalue weighted by Gasteiger charge is 2.33. The van der Waals surface area contributed by atoms with Crippen LogP contribution in [0.2, 0.25) is 0 Å². The zero-order valence-corrected chi connectivity index (χ0v) is 19.2. The third-order valence-electron chi connectivity index (χ3n) is 5.39. The van der Waals surface area contributed by atoms with Gasteiger partial charge in [-0.2, -0.15) is 0 Å². The maximum absolute atomic E-state index is 13.5. The topological polar surface area (TPSA) is 98.0 Å². The standard InChI is InChI=1S/C25H22N2O5S/c1-4-32-24(31)20-15(3)26-25-27(21(20)16-11-9-14(2)10-12-16)22(28)19(33-25)13-17-7-5-6-8-18(17)23(29)30/h5-13,21H,4H2,1-3H3,(H,29,30)/b19-13-/t21-/m0/s1. The highest BCUT2D eigenvalue weighted by Crippen LogP contribution is 2.30. The maximum atomic E-state index is 13.5. The Kier molecular flexibility index (Phi) is 6.11. The van der Waals surface area contributed by atoms with Gasteiger partial charge < -0.3 is 9.84 Å². The number of allylic oxidation sites excluding steroid dienone is 1. The van der Waals surface area contributed by atoms with Gasteiger partial charge in [0.2, 0.25) is 0 Å². The van der Waals surface area contributed by atoms with Crippen LogP contribution in [0, 0.1) is 6.92 Å². The number of hydrogen-bond acceptors (Lipinski definition) is 6. The fourth-order valence-electron chi connectivity index (χ4n) is 3.81. The number of hydrogen-bond donors (Lipinski definition) is 1. The molecule has 0 radical (unpaired) electrons. The van der Waals surface area contributed by atoms with Crippen LogP contribution in [-0.4, -0.2) is 28.2 Å². The van der Waals surface area contributed by atoms with E-state index in [2.05, 4.69) is 4.99 Å². The number of carboxylic acids is 1. The first-order chi connectivity index (χ1) is 15.8. The van der Waals surface area contributed by atoms with Gasteiger partial charge in [-0.1, -0.05) is 59.4 Å². The van der Waals surface area contributed by atoms with Gasteiger partial charge in [0.05, 0.1) is 34.0 Å². The molecule has 1 aliphatic rings. The highest BCUT2D eigenvalue weighted by molar-refractivity contribution is 7.07. The number of aryl methyl sites for hydroxylation is 1. The molecule has 33 heavy (non-hydrogen) atoms. The van der Waals surface area contributed by atoms with Gasteiger partial charge >= 0.3 is 11.9 Å². The molecular formula is C25H22N2O5S. The lowest BCUT2D eigenvalue weighted by Gasteiger charge is -2.24. The predicted molar refractivity (Wildman–Crippen MR) is 125 cm³/mol. The third kappa shape index (κ3) is 4.17. The van der Waals surface area contributed by atoms with Crippen molar-refractivity contribution in [3.05, 3.63) is 102 Å². The van der Waals surface area contributed by atoms with E-state index in [9.17, 15) is 19.5 Å². The van der Waals surface area contributed by atoms with E-state index in [1.165, 1.54) is 10.6 Å². The van der Waals surface area contributed by atoms with Crippen LogP contribution in [0.1, 0.15) is 46.9 Å². The summed E-state index contributed by atoms with van der Waals surface area (Å²) < 4.78 is 7.11. The van der Waals surface area contributed by atoms with E-state index in [-0.39, 0.29) is 17.7 Å². The molecule has 0 fully saturated rings. The molecule has 1 N–H and O–H groups in total. The quantitative estimate of drug-likeness (QED) is 0.588. The van der Waals surface area contributed by atoms with Crippen molar-refractivity contribution in [1.29, 1.82) is 0 Å². The summed E-state index contributed by atoms with van der Waals surface area (Å²) in [5.74, 6) is -1.59. The second-order valence-corrected chi connectivity index (χ2v) is 8.61. The summed E-state index contributed by atoms with van der Waals surface area (Å²) in [6, 6.07) is 13.4. The molecule has 8 heteroatoms. The monoisotopic (exact) mass is 462 g/mol. The van der Waals surface area contributed by atoms with Gasteiger partial charge in [-0.05, 0) is 44.0 Å². The Labute approximate surface area is 193 Å². The molecular weight excluding hydrogens is 440 g/mol. The zero-order valence-electron chi connectivity index (χ0n) is 18.4. The molecule has 0 amide bonds. The summed E-state index contributed by atoms with van der Waals surface area (Å²) >= 11 is 1.16. The number of carboxylic acid groups (broad SMARTS) is 1. The van der Waals surface area contributed by atoms with Crippen molar-refractivity contribution in [2.45, 2.75) is 26.8 Å². The van der Waals surface area contributed by atoms with Crippen LogP contribution in [0.15, 0.2) is 69.6 Å². The van der Waals surface area contributed by atoms with Gasteiger partial charge in [-0.25, -0.2) is 14.6 Å². The molecule has 0 spiro atoms. The molecule has 4 rings (SSSR count). The number of thiazole rings is 1. The Hall–Kier alpha value is -3.78. The number of nitrogens with zero attached hydrogens (tertiary/aromatic N) is 2. The van der Waals surface area contributed by atoms with E-state index < -0.39 is 18.0 Å². The van der Waals surface area contributed by atoms with Crippen molar-refractivity contribution >= 4 is 29.4 Å². The second-order valence-electron chi connectivity index (χ2n) is 7.61. The molecule has 168 valence electrons.